The highest BCUT2D eigenvalue weighted by Gasteiger charge is 2.72. The average molecular weight is 443 g/mol. The quantitative estimate of drug-likeness (QED) is 0.209. The molecule has 3 aliphatic heterocycles. The van der Waals surface area contributed by atoms with Crippen molar-refractivity contribution in [3.63, 3.8) is 0 Å². The van der Waals surface area contributed by atoms with E-state index in [9.17, 15) is 24.0 Å². The Kier molecular flexibility index (Phi) is 5.12. The van der Waals surface area contributed by atoms with Crippen LogP contribution < -0.4 is 9.64 Å². The number of rotatable bonds is 6. The summed E-state index contributed by atoms with van der Waals surface area (Å²) >= 11 is 0. The summed E-state index contributed by atoms with van der Waals surface area (Å²) < 4.78 is 21.6. The molecule has 0 aromatic heterocycles. The topological polar surface area (TPSA) is 126 Å². The minimum Gasteiger partial charge on any atom is -0.495 e. The van der Waals surface area contributed by atoms with E-state index in [4.69, 9.17) is 18.9 Å². The molecule has 10 heteroatoms. The van der Waals surface area contributed by atoms with Crippen molar-refractivity contribution in [2.24, 2.45) is 11.8 Å². The molecule has 0 spiro atoms. The molecular formula is C22H21NO9. The predicted octanol–water partition coefficient (Wildman–Crippen LogP) is 1.16. The summed E-state index contributed by atoms with van der Waals surface area (Å²) in [5.74, 6) is -4.76. The van der Waals surface area contributed by atoms with Gasteiger partial charge in [0.15, 0.2) is 11.4 Å². The molecule has 0 N–H and O–H groups in total. The Balaban J connectivity index is 1.79. The molecule has 168 valence electrons. The van der Waals surface area contributed by atoms with Gasteiger partial charge in [0.05, 0.1) is 30.7 Å². The van der Waals surface area contributed by atoms with Crippen LogP contribution >= 0.6 is 0 Å². The predicted molar refractivity (Wildman–Crippen MR) is 107 cm³/mol. The van der Waals surface area contributed by atoms with Crippen LogP contribution in [0.2, 0.25) is 0 Å². The van der Waals surface area contributed by atoms with Gasteiger partial charge in [0.2, 0.25) is 11.8 Å². The third-order valence-corrected chi connectivity index (χ3v) is 5.82. The lowest BCUT2D eigenvalue weighted by Gasteiger charge is -2.34. The molecule has 0 unspecified atom stereocenters. The summed E-state index contributed by atoms with van der Waals surface area (Å²) in [5, 5.41) is 0. The highest BCUT2D eigenvalue weighted by molar-refractivity contribution is 6.24. The molecule has 1 aromatic carbocycles. The molecule has 0 saturated carbocycles. The molecule has 32 heavy (non-hydrogen) atoms. The smallest absolute Gasteiger partial charge is 0.305 e. The van der Waals surface area contributed by atoms with Crippen LogP contribution in [0.25, 0.3) is 0 Å². The molecule has 2 amide bonds. The van der Waals surface area contributed by atoms with Gasteiger partial charge in [-0.1, -0.05) is 6.08 Å². The van der Waals surface area contributed by atoms with Crippen molar-refractivity contribution in [1.29, 1.82) is 0 Å². The van der Waals surface area contributed by atoms with Crippen LogP contribution in [-0.4, -0.2) is 54.6 Å². The number of anilines is 1. The number of imide groups is 1. The van der Waals surface area contributed by atoms with Crippen LogP contribution in [0.5, 0.6) is 5.75 Å². The van der Waals surface area contributed by atoms with Gasteiger partial charge in [-0.3, -0.25) is 24.0 Å². The monoisotopic (exact) mass is 443 g/mol. The molecule has 1 aromatic rings. The lowest BCUT2D eigenvalue weighted by molar-refractivity contribution is -0.226. The number of ether oxygens (including phenoxy) is 4. The Hall–Kier alpha value is -3.53. The normalized spacial score (nSPS) is 27.7. The number of amides is 2. The first kappa shape index (κ1) is 21.7. The summed E-state index contributed by atoms with van der Waals surface area (Å²) in [6.45, 7) is 3.62. The van der Waals surface area contributed by atoms with Crippen molar-refractivity contribution in [3.05, 3.63) is 35.9 Å². The molecule has 2 fully saturated rings. The van der Waals surface area contributed by atoms with Gasteiger partial charge in [0, 0.05) is 19.4 Å². The van der Waals surface area contributed by atoms with Gasteiger partial charge in [-0.2, -0.15) is 0 Å². The lowest BCUT2D eigenvalue weighted by atomic mass is 9.76. The van der Waals surface area contributed by atoms with Gasteiger partial charge < -0.3 is 18.9 Å². The number of carbonyl (C=O) groups excluding carboxylic acids is 5. The van der Waals surface area contributed by atoms with Crippen LogP contribution in [0.1, 0.15) is 31.1 Å². The number of hydrogen-bond donors (Lipinski definition) is 0. The van der Waals surface area contributed by atoms with E-state index in [1.807, 2.05) is 0 Å². The van der Waals surface area contributed by atoms with Gasteiger partial charge in [-0.25, -0.2) is 4.90 Å². The molecule has 0 radical (unpaired) electrons. The number of Topliss-reactive ketones (excluding diaryl/α,β-unsaturated/α-hetero) is 1. The third kappa shape index (κ3) is 3.10. The van der Waals surface area contributed by atoms with Crippen molar-refractivity contribution in [2.45, 2.75) is 38.8 Å². The van der Waals surface area contributed by atoms with E-state index in [2.05, 4.69) is 0 Å². The van der Waals surface area contributed by atoms with Crippen LogP contribution in [0.3, 0.4) is 0 Å². The fourth-order valence-electron chi connectivity index (χ4n) is 4.54. The largest absolute Gasteiger partial charge is 0.495 e. The molecule has 0 aliphatic carbocycles. The first-order valence-electron chi connectivity index (χ1n) is 9.89. The minimum absolute atomic E-state index is 0.121. The molecule has 2 saturated heterocycles. The summed E-state index contributed by atoms with van der Waals surface area (Å²) in [5.41, 5.74) is -1.24. The minimum atomic E-state index is -1.65. The average Bonchev–Trinajstić information content (AvgIpc) is 3.37. The molecule has 2 bridgehead atoms. The third-order valence-electron chi connectivity index (χ3n) is 5.82. The van der Waals surface area contributed by atoms with E-state index >= 15 is 0 Å². The van der Waals surface area contributed by atoms with Gasteiger partial charge in [0.25, 0.3) is 6.29 Å². The zero-order valence-electron chi connectivity index (χ0n) is 17.8. The zero-order chi connectivity index (χ0) is 23.4. The number of carbonyl (C=O) groups is 5. The van der Waals surface area contributed by atoms with Crippen LogP contribution in [0.15, 0.2) is 30.4 Å². The fraction of sp³-hybridized carbons (Fsp3) is 0.409. The van der Waals surface area contributed by atoms with Gasteiger partial charge in [-0.15, -0.1) is 0 Å². The van der Waals surface area contributed by atoms with Crippen molar-refractivity contribution in [3.8, 4) is 5.75 Å². The summed E-state index contributed by atoms with van der Waals surface area (Å²) in [6.07, 6.45) is 0.736. The van der Waals surface area contributed by atoms with Gasteiger partial charge >= 0.3 is 11.9 Å². The van der Waals surface area contributed by atoms with Crippen molar-refractivity contribution in [1.82, 2.24) is 0 Å². The van der Waals surface area contributed by atoms with E-state index < -0.39 is 53.6 Å². The molecule has 3 heterocycles. The van der Waals surface area contributed by atoms with E-state index in [1.54, 1.807) is 6.08 Å². The van der Waals surface area contributed by atoms with Crippen LogP contribution in [-0.2, 0) is 33.4 Å². The van der Waals surface area contributed by atoms with Gasteiger partial charge in [0.1, 0.15) is 5.75 Å². The Bertz CT molecular complexity index is 1060. The number of ketones is 1. The standard InChI is InChI=1S/C22H21NO9/c1-10(24)13-5-6-15(29-4)14(9-13)23-19(27)17-16-7-8-22(32-16,18(17)20(23)28)21(30-11(2)25)31-12(3)26/h5-9,16-18,21H,1-4H3/t16-,17-,18+,22-/m1/s1. The molecule has 4 rings (SSSR count). The number of nitrogens with zero attached hydrogens (tertiary/aromatic N) is 1. The Morgan fingerprint density at radius 1 is 1.06 bits per heavy atom. The number of hydrogen-bond acceptors (Lipinski definition) is 9. The maximum atomic E-state index is 13.6. The highest BCUT2D eigenvalue weighted by Crippen LogP contribution is 2.55. The Morgan fingerprint density at radius 2 is 1.72 bits per heavy atom. The second-order valence-electron chi connectivity index (χ2n) is 7.80. The summed E-state index contributed by atoms with van der Waals surface area (Å²) in [6, 6.07) is 4.45. The van der Waals surface area contributed by atoms with E-state index in [0.29, 0.717) is 5.56 Å². The summed E-state index contributed by atoms with van der Waals surface area (Å²) in [4.78, 5) is 63.1. The molecule has 4 atom stereocenters. The zero-order valence-corrected chi connectivity index (χ0v) is 17.8. The first-order chi connectivity index (χ1) is 15.1. The lowest BCUT2D eigenvalue weighted by Crippen LogP contribution is -2.52. The van der Waals surface area contributed by atoms with Crippen LogP contribution in [0, 0.1) is 11.8 Å². The van der Waals surface area contributed by atoms with Gasteiger partial charge in [-0.05, 0) is 31.2 Å². The molecule has 3 aliphatic rings. The second-order valence-corrected chi connectivity index (χ2v) is 7.80. The number of esters is 2. The van der Waals surface area contributed by atoms with Crippen LogP contribution in [0.4, 0.5) is 5.69 Å². The van der Waals surface area contributed by atoms with E-state index in [0.717, 1.165) is 18.7 Å². The summed E-state index contributed by atoms with van der Waals surface area (Å²) in [7, 11) is 1.38. The number of methoxy groups -OCH3 is 1. The maximum absolute atomic E-state index is 13.6. The van der Waals surface area contributed by atoms with Crippen molar-refractivity contribution >= 4 is 35.2 Å². The van der Waals surface area contributed by atoms with E-state index in [-0.39, 0.29) is 17.2 Å². The SMILES string of the molecule is COc1ccc(C(C)=O)cc1N1C(=O)[C@H]2[C@@H](C1=O)[C@@]1(C(OC(C)=O)OC(C)=O)C=C[C@H]2O1. The van der Waals surface area contributed by atoms with Crippen molar-refractivity contribution < 1.29 is 42.9 Å². The number of fused-ring (bicyclic) bond motifs is 5. The maximum Gasteiger partial charge on any atom is 0.305 e. The van der Waals surface area contributed by atoms with Crippen molar-refractivity contribution in [2.75, 3.05) is 12.0 Å². The van der Waals surface area contributed by atoms with E-state index in [1.165, 1.54) is 38.3 Å². The molecule has 10 nitrogen and oxygen atoms in total. The second kappa shape index (κ2) is 7.56. The first-order valence-corrected chi connectivity index (χ1v) is 9.89. The number of benzene rings is 1. The Morgan fingerprint density at radius 3 is 2.28 bits per heavy atom. The molecular weight excluding hydrogens is 422 g/mol. The highest BCUT2D eigenvalue weighted by atomic mass is 16.7. The Labute approximate surface area is 183 Å². The fourth-order valence-corrected chi connectivity index (χ4v) is 4.54.